The van der Waals surface area contributed by atoms with Crippen molar-refractivity contribution in [2.45, 2.75) is 31.3 Å². The fraction of sp³-hybridized carbons (Fsp3) is 0.190. The summed E-state index contributed by atoms with van der Waals surface area (Å²) in [5.74, 6) is -0.731. The van der Waals surface area contributed by atoms with Crippen LogP contribution in [0.4, 0.5) is 5.69 Å². The molecule has 3 aromatic rings. The fourth-order valence-corrected chi connectivity index (χ4v) is 5.18. The van der Waals surface area contributed by atoms with Crippen molar-refractivity contribution in [3.05, 3.63) is 74.9 Å². The molecule has 0 saturated carbocycles. The maximum absolute atomic E-state index is 13.1. The first kappa shape index (κ1) is 22.1. The first-order chi connectivity index (χ1) is 14.2. The molecule has 0 fully saturated rings. The Bertz CT molecular complexity index is 1170. The molecule has 0 amide bonds. The van der Waals surface area contributed by atoms with E-state index in [1.165, 1.54) is 18.2 Å². The largest absolute Gasteiger partial charge is 0.486 e. The second-order valence-corrected chi connectivity index (χ2v) is 10.1. The summed E-state index contributed by atoms with van der Waals surface area (Å²) in [6.45, 7) is 3.94. The molecule has 6 nitrogen and oxygen atoms in total. The van der Waals surface area contributed by atoms with E-state index < -0.39 is 16.0 Å². The van der Waals surface area contributed by atoms with Gasteiger partial charge in [-0.2, -0.15) is 0 Å². The standard InChI is InChI=1S/C21H20ClNO5S2/c1-13(2)16-5-3-4-6-20(16)30(26,27)23-17-9-7-14(22)11-18(17)28-12-15-8-10-19(29-15)21(24)25/h3-11,13,23H,12H2,1-2H3,(H,24,25). The van der Waals surface area contributed by atoms with Crippen molar-refractivity contribution in [3.8, 4) is 5.75 Å². The van der Waals surface area contributed by atoms with Gasteiger partial charge in [0.25, 0.3) is 10.0 Å². The molecule has 0 radical (unpaired) electrons. The van der Waals surface area contributed by atoms with Crippen LogP contribution in [0.2, 0.25) is 5.02 Å². The van der Waals surface area contributed by atoms with Crippen LogP contribution in [0.25, 0.3) is 0 Å². The van der Waals surface area contributed by atoms with Crippen molar-refractivity contribution >= 4 is 44.6 Å². The van der Waals surface area contributed by atoms with Gasteiger partial charge < -0.3 is 9.84 Å². The van der Waals surface area contributed by atoms with Gasteiger partial charge in [0.1, 0.15) is 17.2 Å². The summed E-state index contributed by atoms with van der Waals surface area (Å²) in [5, 5.41) is 9.42. The molecule has 0 bridgehead atoms. The topological polar surface area (TPSA) is 92.7 Å². The molecular formula is C21H20ClNO5S2. The van der Waals surface area contributed by atoms with Crippen LogP contribution in [-0.4, -0.2) is 19.5 Å². The van der Waals surface area contributed by atoms with E-state index in [9.17, 15) is 13.2 Å². The molecule has 0 aliphatic rings. The number of ether oxygens (including phenoxy) is 1. The van der Waals surface area contributed by atoms with Gasteiger partial charge >= 0.3 is 5.97 Å². The molecule has 0 saturated heterocycles. The third kappa shape index (κ3) is 5.13. The minimum absolute atomic E-state index is 0.0287. The average Bonchev–Trinajstić information content (AvgIpc) is 3.17. The van der Waals surface area contributed by atoms with Gasteiger partial charge in [0.15, 0.2) is 0 Å². The summed E-state index contributed by atoms with van der Waals surface area (Å²) >= 11 is 7.16. The van der Waals surface area contributed by atoms with Crippen LogP contribution in [0.3, 0.4) is 0 Å². The quantitative estimate of drug-likeness (QED) is 0.451. The third-order valence-corrected chi connectivity index (χ3v) is 6.98. The Morgan fingerprint density at radius 1 is 1.17 bits per heavy atom. The van der Waals surface area contributed by atoms with E-state index in [4.69, 9.17) is 21.4 Å². The van der Waals surface area contributed by atoms with Crippen molar-refractivity contribution in [2.24, 2.45) is 0 Å². The normalized spacial score (nSPS) is 11.5. The summed E-state index contributed by atoms with van der Waals surface area (Å²) in [7, 11) is -3.86. The van der Waals surface area contributed by atoms with Crippen LogP contribution < -0.4 is 9.46 Å². The molecule has 0 atom stereocenters. The van der Waals surface area contributed by atoms with Gasteiger partial charge in [-0.05, 0) is 41.8 Å². The number of sulfonamides is 1. The summed E-state index contributed by atoms with van der Waals surface area (Å²) < 4.78 is 34.5. The minimum Gasteiger partial charge on any atom is -0.486 e. The van der Waals surface area contributed by atoms with E-state index in [0.717, 1.165) is 11.3 Å². The van der Waals surface area contributed by atoms with Crippen LogP contribution in [0, 0.1) is 0 Å². The van der Waals surface area contributed by atoms with Crippen LogP contribution in [0.5, 0.6) is 5.75 Å². The van der Waals surface area contributed by atoms with E-state index in [1.54, 1.807) is 36.4 Å². The number of thiophene rings is 1. The van der Waals surface area contributed by atoms with Crippen LogP contribution >= 0.6 is 22.9 Å². The number of carboxylic acids is 1. The lowest BCUT2D eigenvalue weighted by atomic mass is 10.0. The highest BCUT2D eigenvalue weighted by atomic mass is 35.5. The monoisotopic (exact) mass is 465 g/mol. The number of hydrogen-bond donors (Lipinski definition) is 2. The summed E-state index contributed by atoms with van der Waals surface area (Å²) in [5.41, 5.74) is 0.953. The van der Waals surface area contributed by atoms with Gasteiger partial charge in [0.2, 0.25) is 0 Å². The Balaban J connectivity index is 1.87. The second kappa shape index (κ2) is 9.07. The number of halogens is 1. The van der Waals surface area contributed by atoms with E-state index in [1.807, 2.05) is 13.8 Å². The van der Waals surface area contributed by atoms with Crippen molar-refractivity contribution in [3.63, 3.8) is 0 Å². The Morgan fingerprint density at radius 2 is 1.90 bits per heavy atom. The molecule has 158 valence electrons. The molecule has 9 heteroatoms. The van der Waals surface area contributed by atoms with E-state index in [0.29, 0.717) is 15.5 Å². The highest BCUT2D eigenvalue weighted by Gasteiger charge is 2.21. The molecule has 30 heavy (non-hydrogen) atoms. The van der Waals surface area contributed by atoms with Gasteiger partial charge in [-0.25, -0.2) is 13.2 Å². The van der Waals surface area contributed by atoms with Crippen molar-refractivity contribution in [1.29, 1.82) is 0 Å². The molecule has 1 heterocycles. The number of carbonyl (C=O) groups is 1. The number of rotatable bonds is 8. The van der Waals surface area contributed by atoms with Gasteiger partial charge in [0.05, 0.1) is 10.6 Å². The Kier molecular flexibility index (Phi) is 6.70. The summed E-state index contributed by atoms with van der Waals surface area (Å²) in [6.07, 6.45) is 0. The maximum atomic E-state index is 13.1. The average molecular weight is 466 g/mol. The number of nitrogens with one attached hydrogen (secondary N) is 1. The van der Waals surface area contributed by atoms with E-state index in [-0.39, 0.29) is 33.7 Å². The number of hydrogen-bond acceptors (Lipinski definition) is 5. The summed E-state index contributed by atoms with van der Waals surface area (Å²) in [6, 6.07) is 14.6. The number of carboxylic acid groups (broad SMARTS) is 1. The van der Waals surface area contributed by atoms with Crippen LogP contribution in [-0.2, 0) is 16.6 Å². The number of anilines is 1. The lowest BCUT2D eigenvalue weighted by Gasteiger charge is -2.17. The Labute approximate surface area is 184 Å². The Morgan fingerprint density at radius 3 is 2.57 bits per heavy atom. The lowest BCUT2D eigenvalue weighted by molar-refractivity contribution is 0.0702. The molecule has 0 spiro atoms. The zero-order chi connectivity index (χ0) is 21.9. The smallest absolute Gasteiger partial charge is 0.345 e. The minimum atomic E-state index is -3.86. The van der Waals surface area contributed by atoms with Crippen LogP contribution in [0.1, 0.15) is 39.9 Å². The van der Waals surface area contributed by atoms with Gasteiger partial charge in [-0.1, -0.05) is 43.6 Å². The van der Waals surface area contributed by atoms with Gasteiger partial charge in [-0.15, -0.1) is 11.3 Å². The fourth-order valence-electron chi connectivity index (χ4n) is 2.82. The van der Waals surface area contributed by atoms with Crippen molar-refractivity contribution < 1.29 is 23.1 Å². The first-order valence-electron chi connectivity index (χ1n) is 9.03. The lowest BCUT2D eigenvalue weighted by Crippen LogP contribution is -2.16. The molecular weight excluding hydrogens is 446 g/mol. The predicted octanol–water partition coefficient (Wildman–Crippen LogP) is 5.60. The molecule has 1 aromatic heterocycles. The van der Waals surface area contributed by atoms with Gasteiger partial charge in [-0.3, -0.25) is 4.72 Å². The SMILES string of the molecule is CC(C)c1ccccc1S(=O)(=O)Nc1ccc(Cl)cc1OCc1ccc(C(=O)O)s1. The third-order valence-electron chi connectivity index (χ3n) is 4.26. The first-order valence-corrected chi connectivity index (χ1v) is 11.7. The van der Waals surface area contributed by atoms with E-state index in [2.05, 4.69) is 4.72 Å². The highest BCUT2D eigenvalue weighted by Crippen LogP contribution is 2.33. The Hall–Kier alpha value is -2.55. The zero-order valence-corrected chi connectivity index (χ0v) is 18.6. The zero-order valence-electron chi connectivity index (χ0n) is 16.3. The van der Waals surface area contributed by atoms with Crippen molar-refractivity contribution in [1.82, 2.24) is 0 Å². The number of aromatic carboxylic acids is 1. The maximum Gasteiger partial charge on any atom is 0.345 e. The van der Waals surface area contributed by atoms with Gasteiger partial charge in [0, 0.05) is 16.0 Å². The van der Waals surface area contributed by atoms with E-state index >= 15 is 0 Å². The molecule has 2 N–H and O–H groups in total. The molecule has 3 rings (SSSR count). The summed E-state index contributed by atoms with van der Waals surface area (Å²) in [4.78, 5) is 12.1. The van der Waals surface area contributed by atoms with Crippen LogP contribution in [0.15, 0.2) is 59.5 Å². The second-order valence-electron chi connectivity index (χ2n) is 6.80. The molecule has 0 unspecified atom stereocenters. The number of benzene rings is 2. The van der Waals surface area contributed by atoms with Crippen molar-refractivity contribution in [2.75, 3.05) is 4.72 Å². The molecule has 2 aromatic carbocycles. The highest BCUT2D eigenvalue weighted by molar-refractivity contribution is 7.92. The predicted molar refractivity (Wildman–Crippen MR) is 118 cm³/mol. The molecule has 0 aliphatic carbocycles. The molecule has 0 aliphatic heterocycles.